The molecular formula is C24H49NO3. The van der Waals surface area contributed by atoms with Crippen LogP contribution in [0, 0.1) is 5.92 Å². The molecule has 0 aromatic rings. The number of aliphatic hydroxyl groups is 2. The average Bonchev–Trinajstić information content (AvgIpc) is 2.70. The minimum absolute atomic E-state index is 0.0599. The van der Waals surface area contributed by atoms with Gasteiger partial charge in [0.05, 0.1) is 12.7 Å². The van der Waals surface area contributed by atoms with Gasteiger partial charge in [0.2, 0.25) is 5.91 Å². The van der Waals surface area contributed by atoms with Crippen molar-refractivity contribution >= 4 is 5.91 Å². The fourth-order valence-corrected chi connectivity index (χ4v) is 3.79. The molecule has 2 atom stereocenters. The fourth-order valence-electron chi connectivity index (χ4n) is 3.79. The zero-order valence-corrected chi connectivity index (χ0v) is 19.1. The number of hydrogen-bond acceptors (Lipinski definition) is 3. The molecule has 4 heteroatoms. The first-order valence-electron chi connectivity index (χ1n) is 12.1. The summed E-state index contributed by atoms with van der Waals surface area (Å²) in [7, 11) is 0. The number of carbonyl (C=O) groups is 1. The molecule has 0 rings (SSSR count). The van der Waals surface area contributed by atoms with E-state index in [4.69, 9.17) is 5.11 Å². The van der Waals surface area contributed by atoms with Crippen molar-refractivity contribution in [1.29, 1.82) is 0 Å². The topological polar surface area (TPSA) is 60.8 Å². The van der Waals surface area contributed by atoms with E-state index in [2.05, 4.69) is 13.8 Å². The molecule has 168 valence electrons. The Morgan fingerprint density at radius 2 is 1.25 bits per heavy atom. The second-order valence-electron chi connectivity index (χ2n) is 8.63. The van der Waals surface area contributed by atoms with E-state index in [0.717, 1.165) is 6.42 Å². The predicted octanol–water partition coefficient (Wildman–Crippen LogP) is 5.70. The summed E-state index contributed by atoms with van der Waals surface area (Å²) in [4.78, 5) is 13.7. The average molecular weight is 400 g/mol. The van der Waals surface area contributed by atoms with Gasteiger partial charge in [-0.25, -0.2) is 0 Å². The van der Waals surface area contributed by atoms with E-state index in [1.165, 1.54) is 83.5 Å². The van der Waals surface area contributed by atoms with Gasteiger partial charge in [0.15, 0.2) is 0 Å². The van der Waals surface area contributed by atoms with E-state index in [9.17, 15) is 9.90 Å². The van der Waals surface area contributed by atoms with Crippen molar-refractivity contribution in [3.05, 3.63) is 0 Å². The summed E-state index contributed by atoms with van der Waals surface area (Å²) in [6.07, 6.45) is 18.5. The van der Waals surface area contributed by atoms with Crippen LogP contribution in [0.15, 0.2) is 0 Å². The zero-order valence-electron chi connectivity index (χ0n) is 19.1. The Balaban J connectivity index is 3.62. The van der Waals surface area contributed by atoms with Crippen molar-refractivity contribution < 1.29 is 15.0 Å². The van der Waals surface area contributed by atoms with Crippen LogP contribution in [0.25, 0.3) is 0 Å². The van der Waals surface area contributed by atoms with Gasteiger partial charge in [0, 0.05) is 19.5 Å². The lowest BCUT2D eigenvalue weighted by Crippen LogP contribution is -2.41. The molecule has 28 heavy (non-hydrogen) atoms. The van der Waals surface area contributed by atoms with E-state index in [-0.39, 0.29) is 19.1 Å². The Hall–Kier alpha value is -0.610. The Bertz CT molecular complexity index is 349. The van der Waals surface area contributed by atoms with Gasteiger partial charge in [-0.3, -0.25) is 4.79 Å². The van der Waals surface area contributed by atoms with Crippen molar-refractivity contribution in [2.75, 3.05) is 19.7 Å². The number of amides is 1. The number of carbonyl (C=O) groups excluding carboxylic acids is 1. The predicted molar refractivity (Wildman–Crippen MR) is 119 cm³/mol. The molecule has 0 fully saturated rings. The van der Waals surface area contributed by atoms with Gasteiger partial charge in [-0.2, -0.15) is 0 Å². The third kappa shape index (κ3) is 16.4. The van der Waals surface area contributed by atoms with Crippen LogP contribution in [0.4, 0.5) is 0 Å². The van der Waals surface area contributed by atoms with E-state index < -0.39 is 6.10 Å². The van der Waals surface area contributed by atoms with Crippen LogP contribution < -0.4 is 0 Å². The van der Waals surface area contributed by atoms with Crippen LogP contribution in [0.1, 0.15) is 117 Å². The van der Waals surface area contributed by atoms with Gasteiger partial charge >= 0.3 is 0 Å². The van der Waals surface area contributed by atoms with Gasteiger partial charge in [0.1, 0.15) is 0 Å². The van der Waals surface area contributed by atoms with Gasteiger partial charge in [-0.1, -0.05) is 104 Å². The highest BCUT2D eigenvalue weighted by molar-refractivity contribution is 5.75. The van der Waals surface area contributed by atoms with Crippen molar-refractivity contribution in [2.24, 2.45) is 5.92 Å². The quantitative estimate of drug-likeness (QED) is 0.258. The monoisotopic (exact) mass is 399 g/mol. The molecule has 4 nitrogen and oxygen atoms in total. The Morgan fingerprint density at radius 1 is 0.786 bits per heavy atom. The summed E-state index contributed by atoms with van der Waals surface area (Å²) in [6.45, 7) is 6.93. The maximum absolute atomic E-state index is 12.0. The minimum atomic E-state index is -0.834. The number of hydrogen-bond donors (Lipinski definition) is 2. The highest BCUT2D eigenvalue weighted by Gasteiger charge is 2.18. The zero-order chi connectivity index (χ0) is 21.0. The summed E-state index contributed by atoms with van der Waals surface area (Å²) in [6, 6.07) is 0. The molecule has 0 spiro atoms. The molecule has 0 aliphatic rings. The molecule has 0 aliphatic carbocycles. The first kappa shape index (κ1) is 27.4. The molecule has 0 saturated heterocycles. The number of nitrogens with zero attached hydrogens (tertiary/aromatic N) is 1. The van der Waals surface area contributed by atoms with Crippen molar-refractivity contribution in [3.8, 4) is 0 Å². The van der Waals surface area contributed by atoms with Crippen molar-refractivity contribution in [2.45, 2.75) is 123 Å². The lowest BCUT2D eigenvalue weighted by atomic mass is 10.0. The van der Waals surface area contributed by atoms with Crippen molar-refractivity contribution in [1.82, 2.24) is 4.90 Å². The Kier molecular flexibility index (Phi) is 19.3. The smallest absolute Gasteiger partial charge is 0.222 e. The summed E-state index contributed by atoms with van der Waals surface area (Å²) in [5.41, 5.74) is 0. The van der Waals surface area contributed by atoms with Crippen LogP contribution in [-0.4, -0.2) is 46.8 Å². The number of rotatable bonds is 20. The molecule has 0 radical (unpaired) electrons. The SMILES string of the molecule is CCCCCCCCCCCCCCCC(C)CN(CC(O)CO)C(=O)CC. The van der Waals surface area contributed by atoms with E-state index in [1.54, 1.807) is 4.90 Å². The van der Waals surface area contributed by atoms with Crippen LogP contribution >= 0.6 is 0 Å². The highest BCUT2D eigenvalue weighted by atomic mass is 16.3. The minimum Gasteiger partial charge on any atom is -0.394 e. The molecule has 2 N–H and O–H groups in total. The second kappa shape index (κ2) is 19.7. The van der Waals surface area contributed by atoms with Gasteiger partial charge in [0.25, 0.3) is 0 Å². The highest BCUT2D eigenvalue weighted by Crippen LogP contribution is 2.16. The largest absolute Gasteiger partial charge is 0.394 e. The van der Waals surface area contributed by atoms with E-state index >= 15 is 0 Å². The second-order valence-corrected chi connectivity index (χ2v) is 8.63. The maximum atomic E-state index is 12.0. The van der Waals surface area contributed by atoms with Crippen molar-refractivity contribution in [3.63, 3.8) is 0 Å². The first-order chi connectivity index (χ1) is 13.5. The first-order valence-corrected chi connectivity index (χ1v) is 12.1. The Morgan fingerprint density at radius 3 is 1.68 bits per heavy atom. The van der Waals surface area contributed by atoms with E-state index in [1.807, 2.05) is 6.92 Å². The van der Waals surface area contributed by atoms with E-state index in [0.29, 0.717) is 18.9 Å². The summed E-state index contributed by atoms with van der Waals surface area (Å²) < 4.78 is 0. The lowest BCUT2D eigenvalue weighted by molar-refractivity contribution is -0.133. The molecule has 2 unspecified atom stereocenters. The molecule has 0 aliphatic heterocycles. The molecule has 0 aromatic carbocycles. The fraction of sp³-hybridized carbons (Fsp3) is 0.958. The molecule has 0 heterocycles. The standard InChI is InChI=1S/C24H49NO3/c1-4-6-7-8-9-10-11-12-13-14-15-16-17-18-22(3)19-25(24(28)5-2)20-23(27)21-26/h22-23,26-27H,4-21H2,1-3H3. The van der Waals surface area contributed by atoms with Gasteiger partial charge in [-0.05, 0) is 12.3 Å². The lowest BCUT2D eigenvalue weighted by Gasteiger charge is -2.27. The molecule has 0 aromatic heterocycles. The van der Waals surface area contributed by atoms with Gasteiger partial charge in [-0.15, -0.1) is 0 Å². The third-order valence-electron chi connectivity index (χ3n) is 5.63. The summed E-state index contributed by atoms with van der Waals surface area (Å²) in [5.74, 6) is 0.499. The Labute approximate surface area is 175 Å². The third-order valence-corrected chi connectivity index (χ3v) is 5.63. The summed E-state index contributed by atoms with van der Waals surface area (Å²) >= 11 is 0. The molecule has 0 saturated carbocycles. The molecular weight excluding hydrogens is 350 g/mol. The van der Waals surface area contributed by atoms with Crippen LogP contribution in [0.3, 0.4) is 0 Å². The van der Waals surface area contributed by atoms with Crippen LogP contribution in [-0.2, 0) is 4.79 Å². The number of unbranched alkanes of at least 4 members (excludes halogenated alkanes) is 12. The number of aliphatic hydroxyl groups excluding tert-OH is 2. The van der Waals surface area contributed by atoms with Crippen LogP contribution in [0.2, 0.25) is 0 Å². The molecule has 1 amide bonds. The maximum Gasteiger partial charge on any atom is 0.222 e. The summed E-state index contributed by atoms with van der Waals surface area (Å²) in [5, 5.41) is 18.7. The normalized spacial score (nSPS) is 13.5. The van der Waals surface area contributed by atoms with Crippen LogP contribution in [0.5, 0.6) is 0 Å². The molecule has 0 bridgehead atoms. The van der Waals surface area contributed by atoms with Gasteiger partial charge < -0.3 is 15.1 Å².